The summed E-state index contributed by atoms with van der Waals surface area (Å²) in [7, 11) is 0. The third-order valence-electron chi connectivity index (χ3n) is 5.57. The summed E-state index contributed by atoms with van der Waals surface area (Å²) in [5.41, 5.74) is 4.39. The lowest BCUT2D eigenvalue weighted by Crippen LogP contribution is -2.39. The molecule has 0 aromatic heterocycles. The predicted octanol–water partition coefficient (Wildman–Crippen LogP) is 5.16. The number of hydrogen-bond acceptors (Lipinski definition) is 2. The van der Waals surface area contributed by atoms with E-state index in [0.29, 0.717) is 11.5 Å². The summed E-state index contributed by atoms with van der Waals surface area (Å²) in [5.74, 6) is 0.209. The molecule has 1 aliphatic heterocycles. The van der Waals surface area contributed by atoms with Gasteiger partial charge in [-0.2, -0.15) is 0 Å². The molecule has 1 amide bonds. The molecule has 1 aliphatic rings. The minimum absolute atomic E-state index is 0.0593. The number of nitrogens with one attached hydrogen (secondary N) is 2. The van der Waals surface area contributed by atoms with Crippen LogP contribution in [0.15, 0.2) is 48.5 Å². The van der Waals surface area contributed by atoms with Crippen LogP contribution in [-0.2, 0) is 10.2 Å². The van der Waals surface area contributed by atoms with Crippen molar-refractivity contribution in [2.75, 3.05) is 16.8 Å². The molecule has 1 fully saturated rings. The van der Waals surface area contributed by atoms with Crippen LogP contribution in [0, 0.1) is 6.92 Å². The van der Waals surface area contributed by atoms with Crippen LogP contribution in [0.25, 0.3) is 0 Å². The summed E-state index contributed by atoms with van der Waals surface area (Å²) in [5, 5.41) is 7.31. The number of carbonyl (C=O) groups excluding carboxylic acids is 1. The highest BCUT2D eigenvalue weighted by Gasteiger charge is 2.24. The fourth-order valence-corrected chi connectivity index (χ4v) is 4.47. The number of thiocarbonyl (C=S) groups is 1. The van der Waals surface area contributed by atoms with Crippen molar-refractivity contribution in [1.29, 1.82) is 0 Å². The van der Waals surface area contributed by atoms with Crippen LogP contribution in [0.2, 0.25) is 0 Å². The Morgan fingerprint density at radius 3 is 2.55 bits per heavy atom. The second-order valence-corrected chi connectivity index (χ2v) is 9.01. The van der Waals surface area contributed by atoms with E-state index < -0.39 is 0 Å². The van der Waals surface area contributed by atoms with E-state index in [1.807, 2.05) is 36.1 Å². The second-order valence-electron chi connectivity index (χ2n) is 8.60. The summed E-state index contributed by atoms with van der Waals surface area (Å²) in [6.07, 6.45) is 2.54. The molecule has 0 unspecified atom stereocenters. The molecule has 2 aromatic carbocycles. The smallest absolute Gasteiger partial charge is 0.227 e. The van der Waals surface area contributed by atoms with Gasteiger partial charge in [-0.1, -0.05) is 44.2 Å². The number of carbonyl (C=O) groups is 1. The van der Waals surface area contributed by atoms with Gasteiger partial charge in [-0.05, 0) is 73.6 Å². The molecule has 2 N–H and O–H groups in total. The van der Waals surface area contributed by atoms with Crippen LogP contribution in [0.3, 0.4) is 0 Å². The van der Waals surface area contributed by atoms with Crippen molar-refractivity contribution in [3.05, 3.63) is 59.7 Å². The molecule has 0 bridgehead atoms. The Morgan fingerprint density at radius 2 is 1.93 bits per heavy atom. The Bertz CT molecular complexity index is 879. The molecule has 4 nitrogen and oxygen atoms in total. The first-order valence-electron chi connectivity index (χ1n) is 10.3. The molecule has 0 aliphatic carbocycles. The van der Waals surface area contributed by atoms with Crippen LogP contribution in [0.1, 0.15) is 51.2 Å². The van der Waals surface area contributed by atoms with Gasteiger partial charge in [0.1, 0.15) is 0 Å². The average molecular weight is 410 g/mol. The van der Waals surface area contributed by atoms with Gasteiger partial charge < -0.3 is 15.5 Å². The maximum atomic E-state index is 12.0. The van der Waals surface area contributed by atoms with Gasteiger partial charge in [-0.25, -0.2) is 0 Å². The predicted molar refractivity (Wildman–Crippen MR) is 126 cm³/mol. The molecule has 0 spiro atoms. The van der Waals surface area contributed by atoms with Gasteiger partial charge in [-0.15, -0.1) is 0 Å². The van der Waals surface area contributed by atoms with Gasteiger partial charge in [0.25, 0.3) is 0 Å². The quantitative estimate of drug-likeness (QED) is 0.647. The number of rotatable bonds is 6. The fraction of sp³-hybridized carbons (Fsp3) is 0.417. The summed E-state index contributed by atoms with van der Waals surface area (Å²) < 4.78 is 0. The maximum Gasteiger partial charge on any atom is 0.227 e. The Hall–Kier alpha value is -2.40. The minimum atomic E-state index is 0.0593. The third kappa shape index (κ3) is 5.36. The zero-order chi connectivity index (χ0) is 21.0. The largest absolute Gasteiger partial charge is 0.360 e. The van der Waals surface area contributed by atoms with E-state index in [4.69, 9.17) is 12.2 Å². The number of benzene rings is 2. The molecule has 1 atom stereocenters. The van der Waals surface area contributed by atoms with Gasteiger partial charge in [0.2, 0.25) is 5.91 Å². The van der Waals surface area contributed by atoms with E-state index in [1.54, 1.807) is 0 Å². The number of nitrogens with zero attached hydrogens (tertiary/aromatic N) is 1. The molecule has 154 valence electrons. The lowest BCUT2D eigenvalue weighted by atomic mass is 9.79. The second kappa shape index (κ2) is 8.95. The zero-order valence-electron chi connectivity index (χ0n) is 17.8. The molecule has 29 heavy (non-hydrogen) atoms. The fourth-order valence-electron chi connectivity index (χ4n) is 4.15. The lowest BCUT2D eigenvalue weighted by Gasteiger charge is -2.29. The van der Waals surface area contributed by atoms with E-state index in [9.17, 15) is 4.79 Å². The normalized spacial score (nSPS) is 15.3. The highest BCUT2D eigenvalue weighted by atomic mass is 32.1. The van der Waals surface area contributed by atoms with Crippen molar-refractivity contribution in [2.45, 2.75) is 58.4 Å². The van der Waals surface area contributed by atoms with Crippen LogP contribution < -0.4 is 15.5 Å². The summed E-state index contributed by atoms with van der Waals surface area (Å²) >= 11 is 5.53. The Labute approximate surface area is 179 Å². The van der Waals surface area contributed by atoms with Crippen molar-refractivity contribution in [2.24, 2.45) is 0 Å². The van der Waals surface area contributed by atoms with E-state index in [-0.39, 0.29) is 17.4 Å². The van der Waals surface area contributed by atoms with Gasteiger partial charge in [0.15, 0.2) is 5.11 Å². The Kier molecular flexibility index (Phi) is 6.58. The standard InChI is InChI=1S/C24H31N3OS/c1-17-15-20(12-13-21(17)27-14-8-11-22(27)28)26-23(29)25-18(2)16-24(3,4)19-9-6-5-7-10-19/h5-7,9-10,12-13,15,18H,8,11,14,16H2,1-4H3,(H2,25,26,29)/t18-/m1/s1. The SMILES string of the molecule is Cc1cc(NC(=S)N[C@H](C)CC(C)(C)c2ccccc2)ccc1N1CCCC1=O. The topological polar surface area (TPSA) is 44.4 Å². The third-order valence-corrected chi connectivity index (χ3v) is 5.79. The first kappa shape index (κ1) is 21.3. The molecule has 3 rings (SSSR count). The average Bonchev–Trinajstić information content (AvgIpc) is 3.07. The van der Waals surface area contributed by atoms with E-state index >= 15 is 0 Å². The van der Waals surface area contributed by atoms with Crippen LogP contribution in [0.4, 0.5) is 11.4 Å². The lowest BCUT2D eigenvalue weighted by molar-refractivity contribution is -0.117. The molecular formula is C24H31N3OS. The van der Waals surface area contributed by atoms with Crippen molar-refractivity contribution in [3.63, 3.8) is 0 Å². The number of amides is 1. The van der Waals surface area contributed by atoms with Crippen LogP contribution in [0.5, 0.6) is 0 Å². The van der Waals surface area contributed by atoms with E-state index in [1.165, 1.54) is 5.56 Å². The highest BCUT2D eigenvalue weighted by molar-refractivity contribution is 7.80. The highest BCUT2D eigenvalue weighted by Crippen LogP contribution is 2.29. The van der Waals surface area contributed by atoms with E-state index in [2.05, 4.69) is 55.7 Å². The van der Waals surface area contributed by atoms with Crippen LogP contribution in [-0.4, -0.2) is 23.6 Å². The molecule has 5 heteroatoms. The molecule has 0 radical (unpaired) electrons. The van der Waals surface area contributed by atoms with Gasteiger partial charge in [-0.3, -0.25) is 4.79 Å². The van der Waals surface area contributed by atoms with Crippen LogP contribution >= 0.6 is 12.2 Å². The van der Waals surface area contributed by atoms with E-state index in [0.717, 1.165) is 36.3 Å². The first-order valence-corrected chi connectivity index (χ1v) is 10.7. The van der Waals surface area contributed by atoms with Gasteiger partial charge >= 0.3 is 0 Å². The Morgan fingerprint density at radius 1 is 1.21 bits per heavy atom. The maximum absolute atomic E-state index is 12.0. The van der Waals surface area contributed by atoms with Crippen molar-refractivity contribution >= 4 is 34.6 Å². The van der Waals surface area contributed by atoms with Crippen molar-refractivity contribution in [1.82, 2.24) is 5.32 Å². The van der Waals surface area contributed by atoms with Crippen molar-refractivity contribution < 1.29 is 4.79 Å². The van der Waals surface area contributed by atoms with Gasteiger partial charge in [0, 0.05) is 30.4 Å². The summed E-state index contributed by atoms with van der Waals surface area (Å²) in [6, 6.07) is 16.9. The molecule has 2 aromatic rings. The Balaban J connectivity index is 1.57. The van der Waals surface area contributed by atoms with Gasteiger partial charge in [0.05, 0.1) is 0 Å². The summed E-state index contributed by atoms with van der Waals surface area (Å²) in [6.45, 7) is 9.53. The zero-order valence-corrected chi connectivity index (χ0v) is 18.6. The molecular weight excluding hydrogens is 378 g/mol. The summed E-state index contributed by atoms with van der Waals surface area (Å²) in [4.78, 5) is 13.9. The molecule has 1 heterocycles. The number of aryl methyl sites for hydroxylation is 1. The van der Waals surface area contributed by atoms with Crippen molar-refractivity contribution in [3.8, 4) is 0 Å². The molecule has 0 saturated carbocycles. The number of hydrogen-bond donors (Lipinski definition) is 2. The first-order chi connectivity index (χ1) is 13.8. The number of anilines is 2. The molecule has 1 saturated heterocycles. The monoisotopic (exact) mass is 409 g/mol. The minimum Gasteiger partial charge on any atom is -0.360 e.